The molecule has 3 aliphatic rings. The highest BCUT2D eigenvalue weighted by Crippen LogP contribution is 2.57. The van der Waals surface area contributed by atoms with Gasteiger partial charge in [-0.3, -0.25) is 9.59 Å². The molecule has 3 saturated heterocycles. The van der Waals surface area contributed by atoms with Gasteiger partial charge in [-0.05, 0) is 29.0 Å². The molecular weight excluding hydrogens is 338 g/mol. The van der Waals surface area contributed by atoms with Gasteiger partial charge in [-0.2, -0.15) is 0 Å². The monoisotopic (exact) mass is 363 g/mol. The van der Waals surface area contributed by atoms with Crippen LogP contribution in [0.2, 0.25) is 0 Å². The maximum absolute atomic E-state index is 13.6. The van der Waals surface area contributed by atoms with Crippen LogP contribution in [0.4, 0.5) is 5.69 Å². The minimum Gasteiger partial charge on any atom is -0.344 e. The number of para-hydroxylation sites is 1. The quantitative estimate of drug-likeness (QED) is 0.763. The molecule has 2 bridgehead atoms. The first-order chi connectivity index (χ1) is 12.8. The molecule has 2 atom stereocenters. The van der Waals surface area contributed by atoms with E-state index in [1.165, 1.54) is 4.90 Å². The normalized spacial score (nSPS) is 27.5. The Morgan fingerprint density at radius 1 is 0.963 bits per heavy atom. The number of hydrogen-bond acceptors (Lipinski definition) is 3. The van der Waals surface area contributed by atoms with Crippen molar-refractivity contribution in [3.05, 3.63) is 65.7 Å². The molecule has 3 heterocycles. The maximum Gasteiger partial charge on any atom is 0.270 e. The topological polar surface area (TPSA) is 46.6 Å². The van der Waals surface area contributed by atoms with Crippen molar-refractivity contribution < 1.29 is 14.3 Å². The molecule has 0 aliphatic carbocycles. The van der Waals surface area contributed by atoms with Crippen molar-refractivity contribution in [2.45, 2.75) is 57.2 Å². The summed E-state index contributed by atoms with van der Waals surface area (Å²) in [5, 5.41) is 0. The number of carbonyl (C=O) groups excluding carboxylic acids is 2. The molecule has 4 nitrogen and oxygen atoms in total. The predicted octanol–water partition coefficient (Wildman–Crippen LogP) is 4.32. The van der Waals surface area contributed by atoms with E-state index in [-0.39, 0.29) is 17.2 Å². The first-order valence-electron chi connectivity index (χ1n) is 9.49. The van der Waals surface area contributed by atoms with Crippen molar-refractivity contribution in [1.82, 2.24) is 0 Å². The molecular formula is C23H25NO3. The predicted molar refractivity (Wildman–Crippen MR) is 104 cm³/mol. The third kappa shape index (κ3) is 2.39. The van der Waals surface area contributed by atoms with Crippen LogP contribution < -0.4 is 4.90 Å². The second-order valence-electron chi connectivity index (χ2n) is 8.53. The fourth-order valence-electron chi connectivity index (χ4n) is 4.30. The van der Waals surface area contributed by atoms with Crippen LogP contribution in [0.5, 0.6) is 0 Å². The smallest absolute Gasteiger partial charge is 0.270 e. The summed E-state index contributed by atoms with van der Waals surface area (Å²) in [5.41, 5.74) is 0.262. The highest BCUT2D eigenvalue weighted by atomic mass is 16.6. The van der Waals surface area contributed by atoms with Gasteiger partial charge in [-0.25, -0.2) is 4.90 Å². The van der Waals surface area contributed by atoms with Crippen LogP contribution >= 0.6 is 0 Å². The average Bonchev–Trinajstić information content (AvgIpc) is 2.62. The lowest BCUT2D eigenvalue weighted by molar-refractivity contribution is -0.268. The minimum atomic E-state index is -1.07. The van der Waals surface area contributed by atoms with Crippen LogP contribution in [-0.4, -0.2) is 17.4 Å². The molecule has 5 rings (SSSR count). The number of piperidine rings is 1. The van der Waals surface area contributed by atoms with Crippen LogP contribution in [0.25, 0.3) is 0 Å². The van der Waals surface area contributed by atoms with Gasteiger partial charge >= 0.3 is 0 Å². The lowest BCUT2D eigenvalue weighted by Crippen LogP contribution is -2.77. The molecule has 27 heavy (non-hydrogen) atoms. The van der Waals surface area contributed by atoms with Crippen molar-refractivity contribution in [2.75, 3.05) is 4.90 Å². The Bertz CT molecular complexity index is 905. The molecule has 0 radical (unpaired) electrons. The van der Waals surface area contributed by atoms with Gasteiger partial charge in [0.15, 0.2) is 11.2 Å². The number of imide groups is 1. The van der Waals surface area contributed by atoms with Gasteiger partial charge in [-0.1, -0.05) is 76.2 Å². The summed E-state index contributed by atoms with van der Waals surface area (Å²) in [6.45, 7) is 8.20. The Morgan fingerprint density at radius 2 is 1.56 bits per heavy atom. The number of anilines is 1. The lowest BCUT2D eigenvalue weighted by atomic mass is 9.68. The molecule has 140 valence electrons. The molecule has 0 aromatic heterocycles. The molecule has 0 saturated carbocycles. The van der Waals surface area contributed by atoms with E-state index in [4.69, 9.17) is 4.74 Å². The van der Waals surface area contributed by atoms with E-state index in [0.717, 1.165) is 11.1 Å². The summed E-state index contributed by atoms with van der Waals surface area (Å²) >= 11 is 0. The molecule has 3 aliphatic heterocycles. The van der Waals surface area contributed by atoms with Gasteiger partial charge in [0.1, 0.15) is 0 Å². The van der Waals surface area contributed by atoms with Crippen LogP contribution in [0.1, 0.15) is 51.7 Å². The van der Waals surface area contributed by atoms with Crippen molar-refractivity contribution in [2.24, 2.45) is 0 Å². The Hall–Kier alpha value is -2.46. The van der Waals surface area contributed by atoms with Crippen molar-refractivity contribution >= 4 is 17.5 Å². The number of fused-ring (bicyclic) bond motifs is 2. The van der Waals surface area contributed by atoms with E-state index < -0.39 is 11.2 Å². The Balaban J connectivity index is 1.88. The van der Waals surface area contributed by atoms with E-state index >= 15 is 0 Å². The number of hydrogen-bond donors (Lipinski definition) is 0. The number of nitrogens with zero attached hydrogens (tertiary/aromatic N) is 1. The second kappa shape index (κ2) is 5.77. The largest absolute Gasteiger partial charge is 0.344 e. The third-order valence-electron chi connectivity index (χ3n) is 5.81. The average molecular weight is 363 g/mol. The third-order valence-corrected chi connectivity index (χ3v) is 5.81. The molecule has 3 fully saturated rings. The van der Waals surface area contributed by atoms with Crippen LogP contribution in [-0.2, 0) is 25.3 Å². The van der Waals surface area contributed by atoms with E-state index in [0.29, 0.717) is 18.5 Å². The van der Waals surface area contributed by atoms with Crippen molar-refractivity contribution in [3.63, 3.8) is 0 Å². The van der Waals surface area contributed by atoms with Crippen molar-refractivity contribution in [1.29, 1.82) is 0 Å². The fraction of sp³-hybridized carbons (Fsp3) is 0.391. The zero-order valence-corrected chi connectivity index (χ0v) is 16.3. The second-order valence-corrected chi connectivity index (χ2v) is 8.53. The highest BCUT2D eigenvalue weighted by Gasteiger charge is 2.71. The first-order valence-corrected chi connectivity index (χ1v) is 9.49. The highest BCUT2D eigenvalue weighted by molar-refractivity contribution is 6.25. The first kappa shape index (κ1) is 17.9. The molecule has 2 amide bonds. The summed E-state index contributed by atoms with van der Waals surface area (Å²) in [6, 6.07) is 17.2. The number of benzene rings is 2. The van der Waals surface area contributed by atoms with Gasteiger partial charge in [0, 0.05) is 6.42 Å². The Labute approximate surface area is 160 Å². The zero-order valence-electron chi connectivity index (χ0n) is 16.3. The van der Waals surface area contributed by atoms with Crippen LogP contribution in [0, 0.1) is 0 Å². The molecule has 2 aromatic carbocycles. The van der Waals surface area contributed by atoms with E-state index in [9.17, 15) is 9.59 Å². The van der Waals surface area contributed by atoms with Crippen molar-refractivity contribution in [3.8, 4) is 0 Å². The zero-order chi connectivity index (χ0) is 19.4. The molecule has 2 aromatic rings. The summed E-state index contributed by atoms with van der Waals surface area (Å²) in [6.07, 6.45) is 0.953. The number of carbonyl (C=O) groups is 2. The van der Waals surface area contributed by atoms with Gasteiger partial charge in [0.2, 0.25) is 0 Å². The number of amides is 2. The molecule has 0 spiro atoms. The summed E-state index contributed by atoms with van der Waals surface area (Å²) in [4.78, 5) is 28.4. The van der Waals surface area contributed by atoms with Crippen LogP contribution in [0.15, 0.2) is 54.6 Å². The SMILES string of the molecule is CC[C@]12C[C@](c3ccccc3)(O1)C(=O)N(c1ccccc1C(C)(C)C)C2=O. The minimum absolute atomic E-state index is 0.195. The lowest BCUT2D eigenvalue weighted by Gasteiger charge is -2.60. The van der Waals surface area contributed by atoms with E-state index in [2.05, 4.69) is 20.8 Å². The molecule has 0 unspecified atom stereocenters. The van der Waals surface area contributed by atoms with E-state index in [1.807, 2.05) is 61.5 Å². The van der Waals surface area contributed by atoms with Gasteiger partial charge < -0.3 is 4.74 Å². The van der Waals surface area contributed by atoms with Gasteiger partial charge in [-0.15, -0.1) is 0 Å². The number of rotatable bonds is 3. The summed E-state index contributed by atoms with van der Waals surface area (Å²) in [7, 11) is 0. The Kier molecular flexibility index (Phi) is 3.83. The van der Waals surface area contributed by atoms with Gasteiger partial charge in [0.05, 0.1) is 5.69 Å². The summed E-state index contributed by atoms with van der Waals surface area (Å²) in [5.74, 6) is -0.532. The van der Waals surface area contributed by atoms with Crippen LogP contribution in [0.3, 0.4) is 0 Å². The van der Waals surface area contributed by atoms with E-state index in [1.54, 1.807) is 0 Å². The number of ether oxygens (including phenoxy) is 1. The Morgan fingerprint density at radius 3 is 2.15 bits per heavy atom. The number of morpholine rings is 1. The fourth-order valence-corrected chi connectivity index (χ4v) is 4.30. The maximum atomic E-state index is 13.6. The van der Waals surface area contributed by atoms with Gasteiger partial charge in [0.25, 0.3) is 11.8 Å². The molecule has 4 heteroatoms. The standard InChI is InChI=1S/C23H25NO3/c1-5-22-15-23(27-22,16-11-7-6-8-12-16)20(26)24(19(22)25)18-14-10-9-13-17(18)21(2,3)4/h6-14H,5,15H2,1-4H3/t22-,23-/m1/s1. The summed E-state index contributed by atoms with van der Waals surface area (Å²) < 4.78 is 6.15. The molecule has 0 N–H and O–H groups in total.